The van der Waals surface area contributed by atoms with Crippen molar-refractivity contribution in [2.45, 2.75) is 18.7 Å². The topological polar surface area (TPSA) is 106 Å². The molecule has 1 rings (SSSR count). The van der Waals surface area contributed by atoms with Crippen molar-refractivity contribution >= 4 is 26.7 Å². The van der Waals surface area contributed by atoms with Crippen LogP contribution in [0.3, 0.4) is 0 Å². The van der Waals surface area contributed by atoms with Gasteiger partial charge in [-0.3, -0.25) is 9.00 Å². The van der Waals surface area contributed by atoms with Gasteiger partial charge >= 0.3 is 0 Å². The molecule has 0 radical (unpaired) electrons. The molecule has 0 saturated carbocycles. The second-order valence-corrected chi connectivity index (χ2v) is 7.64. The molecule has 0 aliphatic carbocycles. The third kappa shape index (κ3) is 4.69. The highest BCUT2D eigenvalue weighted by atomic mass is 32.2. The summed E-state index contributed by atoms with van der Waals surface area (Å²) in [4.78, 5) is 11.9. The van der Waals surface area contributed by atoms with Gasteiger partial charge in [-0.05, 0) is 30.7 Å². The number of nitrogens with two attached hydrogens (primary N) is 1. The van der Waals surface area contributed by atoms with Gasteiger partial charge < -0.3 is 5.32 Å². The van der Waals surface area contributed by atoms with Crippen molar-refractivity contribution in [1.29, 1.82) is 0 Å². The molecule has 0 heterocycles. The minimum atomic E-state index is -3.77. The van der Waals surface area contributed by atoms with Crippen LogP contribution in [0.5, 0.6) is 0 Å². The lowest BCUT2D eigenvalue weighted by atomic mass is 10.1. The minimum absolute atomic E-state index is 0.0290. The van der Waals surface area contributed by atoms with Gasteiger partial charge in [0.25, 0.3) is 5.91 Å². The maximum atomic E-state index is 11.9. The van der Waals surface area contributed by atoms with Crippen LogP contribution >= 0.6 is 0 Å². The number of carbonyl (C=O) groups excluding carboxylic acids is 1. The Labute approximate surface area is 121 Å². The highest BCUT2D eigenvalue weighted by molar-refractivity contribution is 7.89. The standard InChI is InChI=1S/C12H18N2O4S2/c1-3-19(16)7-6-14-12(15)11-5-4-10(8-9(11)2)20(13,17)18/h4-5,8H,3,6-7H2,1-2H3,(H,14,15)(H2,13,17,18). The number of hydrogen-bond donors (Lipinski definition) is 2. The summed E-state index contributed by atoms with van der Waals surface area (Å²) >= 11 is 0. The molecule has 1 unspecified atom stereocenters. The molecule has 0 aromatic heterocycles. The van der Waals surface area contributed by atoms with Gasteiger partial charge in [0, 0.05) is 34.4 Å². The zero-order chi connectivity index (χ0) is 15.3. The number of nitrogens with one attached hydrogen (secondary N) is 1. The van der Waals surface area contributed by atoms with E-state index in [0.717, 1.165) is 0 Å². The second-order valence-electron chi connectivity index (χ2n) is 4.21. The lowest BCUT2D eigenvalue weighted by Gasteiger charge is -2.08. The zero-order valence-corrected chi connectivity index (χ0v) is 13.0. The summed E-state index contributed by atoms with van der Waals surface area (Å²) in [6, 6.07) is 4.07. The Kier molecular flexibility index (Phi) is 5.85. The second kappa shape index (κ2) is 6.96. The first-order chi connectivity index (χ1) is 9.25. The van der Waals surface area contributed by atoms with Gasteiger partial charge in [0.15, 0.2) is 0 Å². The van der Waals surface area contributed by atoms with Gasteiger partial charge in [-0.15, -0.1) is 0 Å². The van der Waals surface area contributed by atoms with Crippen molar-refractivity contribution in [1.82, 2.24) is 5.32 Å². The summed E-state index contributed by atoms with van der Waals surface area (Å²) in [7, 11) is -4.70. The average Bonchev–Trinajstić information content (AvgIpc) is 2.37. The van der Waals surface area contributed by atoms with Crippen LogP contribution in [0.15, 0.2) is 23.1 Å². The predicted octanol–water partition coefficient (Wildman–Crippen LogP) is 0.141. The smallest absolute Gasteiger partial charge is 0.251 e. The Morgan fingerprint density at radius 3 is 2.55 bits per heavy atom. The molecule has 0 aliphatic rings. The number of amides is 1. The Morgan fingerprint density at radius 2 is 2.05 bits per heavy atom. The molecule has 1 aromatic carbocycles. The molecular weight excluding hydrogens is 300 g/mol. The normalized spacial score (nSPS) is 12.9. The van der Waals surface area contributed by atoms with Crippen molar-refractivity contribution < 1.29 is 17.4 Å². The van der Waals surface area contributed by atoms with Crippen molar-refractivity contribution in [3.05, 3.63) is 29.3 Å². The number of rotatable bonds is 6. The van der Waals surface area contributed by atoms with E-state index in [0.29, 0.717) is 29.2 Å². The van der Waals surface area contributed by atoms with Gasteiger partial charge in [0.1, 0.15) is 0 Å². The highest BCUT2D eigenvalue weighted by Gasteiger charge is 2.13. The molecule has 0 bridgehead atoms. The van der Waals surface area contributed by atoms with Crippen LogP contribution in [0.1, 0.15) is 22.8 Å². The van der Waals surface area contributed by atoms with Crippen molar-refractivity contribution in [2.75, 3.05) is 18.1 Å². The van der Waals surface area contributed by atoms with Crippen LogP contribution in [0.2, 0.25) is 0 Å². The Hall–Kier alpha value is -1.25. The molecule has 1 aromatic rings. The molecule has 112 valence electrons. The number of aryl methyl sites for hydroxylation is 1. The third-order valence-electron chi connectivity index (χ3n) is 2.71. The summed E-state index contributed by atoms with van der Waals surface area (Å²) in [5, 5.41) is 7.67. The Balaban J connectivity index is 2.77. The van der Waals surface area contributed by atoms with Crippen molar-refractivity contribution in [2.24, 2.45) is 5.14 Å². The number of sulfonamides is 1. The quantitative estimate of drug-likeness (QED) is 0.778. The number of primary sulfonamides is 1. The van der Waals surface area contributed by atoms with Crippen LogP contribution in [-0.2, 0) is 20.8 Å². The lowest BCUT2D eigenvalue weighted by Crippen LogP contribution is -2.28. The molecule has 0 spiro atoms. The Morgan fingerprint density at radius 1 is 1.40 bits per heavy atom. The van der Waals surface area contributed by atoms with Crippen LogP contribution in [0.25, 0.3) is 0 Å². The first kappa shape index (κ1) is 16.8. The molecule has 6 nitrogen and oxygen atoms in total. The van der Waals surface area contributed by atoms with E-state index in [1.54, 1.807) is 6.92 Å². The van der Waals surface area contributed by atoms with E-state index < -0.39 is 20.8 Å². The van der Waals surface area contributed by atoms with Crippen LogP contribution < -0.4 is 10.5 Å². The monoisotopic (exact) mass is 318 g/mol. The molecule has 3 N–H and O–H groups in total. The zero-order valence-electron chi connectivity index (χ0n) is 11.4. The van der Waals surface area contributed by atoms with E-state index in [9.17, 15) is 17.4 Å². The number of benzene rings is 1. The van der Waals surface area contributed by atoms with Crippen LogP contribution in [0, 0.1) is 6.92 Å². The van der Waals surface area contributed by atoms with Gasteiger partial charge in [0.2, 0.25) is 10.0 Å². The molecule has 1 atom stereocenters. The van der Waals surface area contributed by atoms with Gasteiger partial charge in [-0.2, -0.15) is 0 Å². The summed E-state index contributed by atoms with van der Waals surface area (Å²) in [5.74, 6) is 0.630. The highest BCUT2D eigenvalue weighted by Crippen LogP contribution is 2.14. The fourth-order valence-electron chi connectivity index (χ4n) is 1.59. The summed E-state index contributed by atoms with van der Waals surface area (Å²) < 4.78 is 33.6. The van der Waals surface area contributed by atoms with E-state index in [4.69, 9.17) is 5.14 Å². The first-order valence-electron chi connectivity index (χ1n) is 6.02. The largest absolute Gasteiger partial charge is 0.351 e. The third-order valence-corrected chi connectivity index (χ3v) is 4.92. The molecule has 1 amide bonds. The Bertz CT molecular complexity index is 626. The lowest BCUT2D eigenvalue weighted by molar-refractivity contribution is 0.0955. The summed E-state index contributed by atoms with van der Waals surface area (Å²) in [6.45, 7) is 3.76. The molecular formula is C12H18N2O4S2. The van der Waals surface area contributed by atoms with E-state index in [-0.39, 0.29) is 10.8 Å². The van der Waals surface area contributed by atoms with Gasteiger partial charge in [-0.1, -0.05) is 6.92 Å². The van der Waals surface area contributed by atoms with Gasteiger partial charge in [-0.25, -0.2) is 13.6 Å². The molecule has 0 aliphatic heterocycles. The SMILES string of the molecule is CCS(=O)CCNC(=O)c1ccc(S(N)(=O)=O)cc1C. The van der Waals surface area contributed by atoms with Crippen molar-refractivity contribution in [3.63, 3.8) is 0 Å². The molecule has 20 heavy (non-hydrogen) atoms. The molecule has 0 saturated heterocycles. The predicted molar refractivity (Wildman–Crippen MR) is 78.4 cm³/mol. The number of carbonyl (C=O) groups is 1. The summed E-state index contributed by atoms with van der Waals surface area (Å²) in [5.41, 5.74) is 0.894. The van der Waals surface area contributed by atoms with E-state index in [1.165, 1.54) is 18.2 Å². The van der Waals surface area contributed by atoms with E-state index in [2.05, 4.69) is 5.32 Å². The maximum absolute atomic E-state index is 11.9. The minimum Gasteiger partial charge on any atom is -0.351 e. The number of hydrogen-bond acceptors (Lipinski definition) is 4. The fraction of sp³-hybridized carbons (Fsp3) is 0.417. The van der Waals surface area contributed by atoms with E-state index in [1.807, 2.05) is 6.92 Å². The first-order valence-corrected chi connectivity index (χ1v) is 9.05. The fourth-order valence-corrected chi connectivity index (χ4v) is 2.80. The van der Waals surface area contributed by atoms with Crippen LogP contribution in [-0.4, -0.2) is 36.6 Å². The molecule has 0 fully saturated rings. The van der Waals surface area contributed by atoms with Crippen LogP contribution in [0.4, 0.5) is 0 Å². The summed E-state index contributed by atoms with van der Waals surface area (Å²) in [6.07, 6.45) is 0. The van der Waals surface area contributed by atoms with Gasteiger partial charge in [0.05, 0.1) is 4.90 Å². The van der Waals surface area contributed by atoms with Crippen molar-refractivity contribution in [3.8, 4) is 0 Å². The average molecular weight is 318 g/mol. The molecule has 8 heteroatoms. The van der Waals surface area contributed by atoms with E-state index >= 15 is 0 Å². The maximum Gasteiger partial charge on any atom is 0.251 e.